The number of aromatic nitrogens is 1. The van der Waals surface area contributed by atoms with E-state index in [2.05, 4.69) is 15.3 Å². The van der Waals surface area contributed by atoms with Gasteiger partial charge < -0.3 is 9.84 Å². The Labute approximate surface area is 131 Å². The lowest BCUT2D eigenvalue weighted by atomic mass is 10.0. The van der Waals surface area contributed by atoms with Crippen molar-refractivity contribution in [1.29, 1.82) is 5.26 Å². The number of rotatable bonds is 3. The molecule has 0 unspecified atom stereocenters. The fourth-order valence-electron chi connectivity index (χ4n) is 2.22. The van der Waals surface area contributed by atoms with E-state index < -0.39 is 0 Å². The van der Waals surface area contributed by atoms with Gasteiger partial charge in [0.1, 0.15) is 5.75 Å². The first kappa shape index (κ1) is 14.1. The van der Waals surface area contributed by atoms with E-state index in [9.17, 15) is 5.11 Å². The van der Waals surface area contributed by atoms with Gasteiger partial charge in [-0.15, -0.1) is 0 Å². The molecule has 0 spiro atoms. The van der Waals surface area contributed by atoms with Crippen molar-refractivity contribution < 1.29 is 9.84 Å². The van der Waals surface area contributed by atoms with Gasteiger partial charge >= 0.3 is 0 Å². The zero-order valence-electron chi connectivity index (χ0n) is 11.9. The van der Waals surface area contributed by atoms with Crippen LogP contribution in [-0.4, -0.2) is 22.9 Å². The summed E-state index contributed by atoms with van der Waals surface area (Å²) in [5, 5.41) is 21.3. The topological polar surface area (TPSA) is 90.5 Å². The minimum atomic E-state index is -0.112. The predicted octanol–water partition coefficient (Wildman–Crippen LogP) is 3.40. The van der Waals surface area contributed by atoms with E-state index in [0.717, 1.165) is 28.3 Å². The second-order valence-electron chi connectivity index (χ2n) is 4.58. The van der Waals surface area contributed by atoms with Gasteiger partial charge in [0.15, 0.2) is 11.3 Å². The molecule has 6 nitrogen and oxygen atoms in total. The third-order valence-corrected chi connectivity index (χ3v) is 4.15. The fraction of sp³-hybridized carbons (Fsp3) is 0.133. The van der Waals surface area contributed by atoms with Gasteiger partial charge in [-0.3, -0.25) is 10.3 Å². The van der Waals surface area contributed by atoms with Crippen molar-refractivity contribution in [1.82, 2.24) is 4.98 Å². The molecule has 0 atom stereocenters. The Kier molecular flexibility index (Phi) is 3.53. The molecule has 3 rings (SSSR count). The molecule has 110 valence electrons. The zero-order valence-corrected chi connectivity index (χ0v) is 12.7. The number of nitriles is 1. The van der Waals surface area contributed by atoms with Gasteiger partial charge in [-0.2, -0.15) is 10.2 Å². The van der Waals surface area contributed by atoms with Gasteiger partial charge in [-0.05, 0) is 31.2 Å². The van der Waals surface area contributed by atoms with Crippen LogP contribution < -0.4 is 10.1 Å². The standard InChI is InChI=1S/C15H12N4O2S/c1-8-10(6-13-14(20)19-15(22-13)17-7-16)11-5-9(21-2)3-4-12(11)18-8/h3-6,20H,1-2H3,(H,17,19). The monoisotopic (exact) mass is 312 g/mol. The van der Waals surface area contributed by atoms with Gasteiger partial charge in [0, 0.05) is 16.8 Å². The number of hydrogen-bond donors (Lipinski definition) is 2. The highest BCUT2D eigenvalue weighted by molar-refractivity contribution is 7.16. The lowest BCUT2D eigenvalue weighted by Gasteiger charge is -2.04. The second-order valence-corrected chi connectivity index (χ2v) is 5.61. The highest BCUT2D eigenvalue weighted by Gasteiger charge is 2.20. The Morgan fingerprint density at radius 3 is 3.00 bits per heavy atom. The number of allylic oxidation sites excluding steroid dienone is 1. The number of ether oxygens (including phenoxy) is 1. The molecule has 22 heavy (non-hydrogen) atoms. The molecule has 0 saturated carbocycles. The number of nitrogens with one attached hydrogen (secondary N) is 1. The summed E-state index contributed by atoms with van der Waals surface area (Å²) in [4.78, 5) is 8.96. The summed E-state index contributed by atoms with van der Waals surface area (Å²) >= 11 is 1.20. The van der Waals surface area contributed by atoms with Gasteiger partial charge in [-0.1, -0.05) is 11.3 Å². The van der Waals surface area contributed by atoms with Crippen molar-refractivity contribution in [2.45, 2.75) is 6.92 Å². The van der Waals surface area contributed by atoms with Crippen molar-refractivity contribution in [3.8, 4) is 17.8 Å². The molecular formula is C15H12N4O2S. The van der Waals surface area contributed by atoms with Crippen LogP contribution in [0.2, 0.25) is 0 Å². The number of aromatic hydroxyl groups is 1. The van der Waals surface area contributed by atoms with Crippen molar-refractivity contribution in [3.05, 3.63) is 28.6 Å². The fourth-order valence-corrected chi connectivity index (χ4v) is 2.97. The van der Waals surface area contributed by atoms with Crippen molar-refractivity contribution in [2.75, 3.05) is 12.4 Å². The number of benzene rings is 1. The quantitative estimate of drug-likeness (QED) is 0.669. The Morgan fingerprint density at radius 2 is 2.27 bits per heavy atom. The minimum absolute atomic E-state index is 0.112. The number of fused-ring (bicyclic) bond motifs is 1. The number of aliphatic imine (C=N–C) groups is 1. The Bertz CT molecular complexity index is 846. The highest BCUT2D eigenvalue weighted by atomic mass is 32.1. The molecular weight excluding hydrogens is 300 g/mol. The van der Waals surface area contributed by atoms with Crippen LogP contribution >= 0.6 is 11.3 Å². The van der Waals surface area contributed by atoms with Crippen molar-refractivity contribution in [2.24, 2.45) is 4.99 Å². The van der Waals surface area contributed by atoms with Crippen LogP contribution in [0, 0.1) is 11.5 Å². The molecule has 0 saturated heterocycles. The maximum absolute atomic E-state index is 9.89. The maximum atomic E-state index is 9.89. The van der Waals surface area contributed by atoms with E-state index in [1.807, 2.05) is 31.2 Å². The molecule has 1 aromatic heterocycles. The molecule has 1 aromatic carbocycles. The van der Waals surface area contributed by atoms with E-state index in [0.29, 0.717) is 10.0 Å². The van der Waals surface area contributed by atoms with E-state index in [1.165, 1.54) is 11.3 Å². The molecule has 2 N–H and O–H groups in total. The maximum Gasteiger partial charge on any atom is 0.231 e. The van der Waals surface area contributed by atoms with Crippen LogP contribution in [0.1, 0.15) is 17.4 Å². The highest BCUT2D eigenvalue weighted by Crippen LogP contribution is 2.40. The smallest absolute Gasteiger partial charge is 0.231 e. The number of hydrogen-bond acceptors (Lipinski definition) is 7. The van der Waals surface area contributed by atoms with E-state index in [1.54, 1.807) is 13.3 Å². The molecule has 0 aliphatic carbocycles. The second kappa shape index (κ2) is 5.50. The molecule has 0 bridgehead atoms. The molecule has 2 heterocycles. The van der Waals surface area contributed by atoms with Gasteiger partial charge in [0.05, 0.1) is 17.7 Å². The number of anilines is 1. The summed E-state index contributed by atoms with van der Waals surface area (Å²) in [6, 6.07) is 5.67. The van der Waals surface area contributed by atoms with Crippen molar-refractivity contribution >= 4 is 39.5 Å². The van der Waals surface area contributed by atoms with E-state index in [-0.39, 0.29) is 5.88 Å². The first-order chi connectivity index (χ1) is 10.6. The van der Waals surface area contributed by atoms with E-state index >= 15 is 0 Å². The lowest BCUT2D eigenvalue weighted by Crippen LogP contribution is -1.90. The minimum Gasteiger partial charge on any atom is -0.497 e. The van der Waals surface area contributed by atoms with Gasteiger partial charge in [0.2, 0.25) is 5.88 Å². The largest absolute Gasteiger partial charge is 0.497 e. The average molecular weight is 312 g/mol. The first-order valence-electron chi connectivity index (χ1n) is 6.43. The molecule has 0 radical (unpaired) electrons. The van der Waals surface area contributed by atoms with Crippen LogP contribution in [0.3, 0.4) is 0 Å². The van der Waals surface area contributed by atoms with Crippen molar-refractivity contribution in [3.63, 3.8) is 0 Å². The Balaban J connectivity index is 2.06. The van der Waals surface area contributed by atoms with Gasteiger partial charge in [-0.25, -0.2) is 0 Å². The SMILES string of the molecule is COc1ccc2c(c1)C(=Cc1sc(NC#N)nc1O)C(C)=N2. The molecule has 0 fully saturated rings. The summed E-state index contributed by atoms with van der Waals surface area (Å²) in [5.74, 6) is 0.634. The van der Waals surface area contributed by atoms with E-state index in [4.69, 9.17) is 10.00 Å². The Morgan fingerprint density at radius 1 is 1.45 bits per heavy atom. The molecule has 0 amide bonds. The normalized spacial score (nSPS) is 14.4. The third-order valence-electron chi connectivity index (χ3n) is 3.24. The van der Waals surface area contributed by atoms with Crippen LogP contribution in [-0.2, 0) is 0 Å². The average Bonchev–Trinajstić information content (AvgIpc) is 3.00. The summed E-state index contributed by atoms with van der Waals surface area (Å²) in [6.45, 7) is 1.91. The Hall–Kier alpha value is -2.85. The third kappa shape index (κ3) is 2.40. The number of nitrogens with zero attached hydrogens (tertiary/aromatic N) is 3. The summed E-state index contributed by atoms with van der Waals surface area (Å²) in [5.41, 5.74) is 3.56. The molecule has 1 aliphatic heterocycles. The molecule has 7 heteroatoms. The van der Waals surface area contributed by atoms with Crippen LogP contribution in [0.4, 0.5) is 10.8 Å². The molecule has 1 aliphatic rings. The summed E-state index contributed by atoms with van der Waals surface area (Å²) in [6.07, 6.45) is 3.60. The number of thiazole rings is 1. The van der Waals surface area contributed by atoms with Crippen LogP contribution in [0.25, 0.3) is 11.6 Å². The summed E-state index contributed by atoms with van der Waals surface area (Å²) in [7, 11) is 1.61. The summed E-state index contributed by atoms with van der Waals surface area (Å²) < 4.78 is 5.25. The van der Waals surface area contributed by atoms with Gasteiger partial charge in [0.25, 0.3) is 0 Å². The molecule has 2 aromatic rings. The first-order valence-corrected chi connectivity index (χ1v) is 7.24. The number of methoxy groups -OCH3 is 1. The van der Waals surface area contributed by atoms with Crippen LogP contribution in [0.5, 0.6) is 11.6 Å². The predicted molar refractivity (Wildman–Crippen MR) is 86.6 cm³/mol. The zero-order chi connectivity index (χ0) is 15.7. The lowest BCUT2D eigenvalue weighted by molar-refractivity contribution is 0.415. The van der Waals surface area contributed by atoms with Crippen LogP contribution in [0.15, 0.2) is 23.2 Å².